The summed E-state index contributed by atoms with van der Waals surface area (Å²) in [5, 5.41) is 11.9. The Bertz CT molecular complexity index is 574. The van der Waals surface area contributed by atoms with E-state index in [0.29, 0.717) is 6.54 Å². The number of rotatable bonds is 5. The number of guanidine groups is 1. The lowest BCUT2D eigenvalue weighted by atomic mass is 10.3. The standard InChI is InChI=1S/C14H21N5S2/c1-10(12-6-5-7-20-12)17-13(15-2)16-8-11-9-21-14(18-11)19(3)4/h5-7,9-10H,8H2,1-4H3,(H2,15,16,17). The minimum Gasteiger partial charge on any atom is -0.354 e. The maximum absolute atomic E-state index is 4.55. The van der Waals surface area contributed by atoms with Crippen LogP contribution in [-0.2, 0) is 6.54 Å². The zero-order valence-electron chi connectivity index (χ0n) is 12.8. The fourth-order valence-corrected chi connectivity index (χ4v) is 3.26. The molecule has 2 heterocycles. The van der Waals surface area contributed by atoms with Gasteiger partial charge in [0.25, 0.3) is 0 Å². The molecule has 7 heteroatoms. The number of hydrogen-bond acceptors (Lipinski definition) is 5. The Kier molecular flexibility index (Phi) is 5.58. The molecule has 0 radical (unpaired) electrons. The van der Waals surface area contributed by atoms with Crippen molar-refractivity contribution >= 4 is 33.8 Å². The number of nitrogens with one attached hydrogen (secondary N) is 2. The summed E-state index contributed by atoms with van der Waals surface area (Å²) in [4.78, 5) is 12.1. The average Bonchev–Trinajstić information content (AvgIpc) is 3.13. The van der Waals surface area contributed by atoms with Gasteiger partial charge >= 0.3 is 0 Å². The van der Waals surface area contributed by atoms with Crippen LogP contribution in [0.25, 0.3) is 0 Å². The zero-order chi connectivity index (χ0) is 15.2. The van der Waals surface area contributed by atoms with Crippen LogP contribution >= 0.6 is 22.7 Å². The number of aromatic nitrogens is 1. The Morgan fingerprint density at radius 1 is 1.43 bits per heavy atom. The summed E-state index contributed by atoms with van der Waals surface area (Å²) in [6.07, 6.45) is 0. The lowest BCUT2D eigenvalue weighted by Crippen LogP contribution is -2.38. The van der Waals surface area contributed by atoms with Crippen molar-refractivity contribution in [1.82, 2.24) is 15.6 Å². The SMILES string of the molecule is CN=C(NCc1csc(N(C)C)n1)NC(C)c1cccs1. The summed E-state index contributed by atoms with van der Waals surface area (Å²) in [5.74, 6) is 0.787. The summed E-state index contributed by atoms with van der Waals surface area (Å²) in [7, 11) is 5.78. The highest BCUT2D eigenvalue weighted by atomic mass is 32.1. The second-order valence-corrected chi connectivity index (χ2v) is 6.64. The Hall–Kier alpha value is -1.60. The summed E-state index contributed by atoms with van der Waals surface area (Å²) >= 11 is 3.39. The predicted octanol–water partition coefficient (Wildman–Crippen LogP) is 2.70. The van der Waals surface area contributed by atoms with Crippen LogP contribution in [0, 0.1) is 0 Å². The normalized spacial score (nSPS) is 13.0. The fraction of sp³-hybridized carbons (Fsp3) is 0.429. The number of nitrogens with zero attached hydrogens (tertiary/aromatic N) is 3. The van der Waals surface area contributed by atoms with Gasteiger partial charge < -0.3 is 15.5 Å². The largest absolute Gasteiger partial charge is 0.354 e. The molecule has 0 aromatic carbocycles. The van der Waals surface area contributed by atoms with Crippen molar-refractivity contribution in [2.24, 2.45) is 4.99 Å². The molecular weight excluding hydrogens is 302 g/mol. The molecule has 21 heavy (non-hydrogen) atoms. The molecule has 0 aliphatic rings. The van der Waals surface area contributed by atoms with E-state index in [-0.39, 0.29) is 6.04 Å². The van der Waals surface area contributed by atoms with Gasteiger partial charge in [0.1, 0.15) is 0 Å². The topological polar surface area (TPSA) is 52.6 Å². The van der Waals surface area contributed by atoms with Gasteiger partial charge in [0.05, 0.1) is 18.3 Å². The van der Waals surface area contributed by atoms with Crippen molar-refractivity contribution in [2.75, 3.05) is 26.0 Å². The van der Waals surface area contributed by atoms with Gasteiger partial charge in [0.15, 0.2) is 11.1 Å². The maximum Gasteiger partial charge on any atom is 0.191 e. The number of thiazole rings is 1. The molecule has 0 saturated heterocycles. The van der Waals surface area contributed by atoms with Crippen molar-refractivity contribution in [3.8, 4) is 0 Å². The first-order chi connectivity index (χ1) is 10.1. The highest BCUT2D eigenvalue weighted by molar-refractivity contribution is 7.13. The number of hydrogen-bond donors (Lipinski definition) is 2. The molecule has 0 fully saturated rings. The first kappa shape index (κ1) is 15.8. The van der Waals surface area contributed by atoms with Crippen LogP contribution in [0.1, 0.15) is 23.5 Å². The molecule has 0 aliphatic heterocycles. The van der Waals surface area contributed by atoms with Gasteiger partial charge in [0.2, 0.25) is 0 Å². The quantitative estimate of drug-likeness (QED) is 0.656. The van der Waals surface area contributed by atoms with Crippen LogP contribution in [0.2, 0.25) is 0 Å². The fourth-order valence-electron chi connectivity index (χ4n) is 1.77. The third kappa shape index (κ3) is 4.44. The molecule has 2 aromatic rings. The molecule has 0 aliphatic carbocycles. The highest BCUT2D eigenvalue weighted by Gasteiger charge is 2.09. The second kappa shape index (κ2) is 7.42. The molecule has 5 nitrogen and oxygen atoms in total. The van der Waals surface area contributed by atoms with E-state index in [1.807, 2.05) is 19.0 Å². The number of anilines is 1. The van der Waals surface area contributed by atoms with Gasteiger partial charge in [-0.2, -0.15) is 0 Å². The van der Waals surface area contributed by atoms with Crippen molar-refractivity contribution in [1.29, 1.82) is 0 Å². The molecule has 0 amide bonds. The molecule has 0 bridgehead atoms. The first-order valence-corrected chi connectivity index (χ1v) is 8.48. The molecule has 2 rings (SSSR count). The van der Waals surface area contributed by atoms with Crippen LogP contribution in [0.3, 0.4) is 0 Å². The second-order valence-electron chi connectivity index (χ2n) is 4.82. The van der Waals surface area contributed by atoms with E-state index in [2.05, 4.69) is 50.4 Å². The van der Waals surface area contributed by atoms with Gasteiger partial charge in [-0.3, -0.25) is 4.99 Å². The van der Waals surface area contributed by atoms with Crippen molar-refractivity contribution in [2.45, 2.75) is 19.5 Å². The van der Waals surface area contributed by atoms with Crippen LogP contribution in [0.5, 0.6) is 0 Å². The number of aliphatic imine (C=N–C) groups is 1. The smallest absolute Gasteiger partial charge is 0.191 e. The molecule has 1 unspecified atom stereocenters. The van der Waals surface area contributed by atoms with Crippen molar-refractivity contribution in [3.63, 3.8) is 0 Å². The Morgan fingerprint density at radius 3 is 2.81 bits per heavy atom. The maximum atomic E-state index is 4.55. The van der Waals surface area contributed by atoms with E-state index in [4.69, 9.17) is 0 Å². The molecule has 2 N–H and O–H groups in total. The van der Waals surface area contributed by atoms with E-state index in [0.717, 1.165) is 16.8 Å². The lowest BCUT2D eigenvalue weighted by molar-refractivity contribution is 0.694. The minimum atomic E-state index is 0.240. The molecule has 0 saturated carbocycles. The minimum absolute atomic E-state index is 0.240. The molecule has 114 valence electrons. The zero-order valence-corrected chi connectivity index (χ0v) is 14.4. The third-order valence-corrected chi connectivity index (χ3v) is 5.02. The molecule has 2 aromatic heterocycles. The Morgan fingerprint density at radius 2 is 2.24 bits per heavy atom. The van der Waals surface area contributed by atoms with Crippen molar-refractivity contribution in [3.05, 3.63) is 33.5 Å². The van der Waals surface area contributed by atoms with E-state index in [9.17, 15) is 0 Å². The summed E-state index contributed by atoms with van der Waals surface area (Å²) in [6, 6.07) is 4.43. The van der Waals surface area contributed by atoms with Crippen LogP contribution < -0.4 is 15.5 Å². The van der Waals surface area contributed by atoms with E-state index < -0.39 is 0 Å². The van der Waals surface area contributed by atoms with Crippen LogP contribution in [0.15, 0.2) is 27.9 Å². The van der Waals surface area contributed by atoms with Gasteiger partial charge in [-0.1, -0.05) is 6.07 Å². The predicted molar refractivity (Wildman–Crippen MR) is 92.5 cm³/mol. The summed E-state index contributed by atoms with van der Waals surface area (Å²) in [6.45, 7) is 2.80. The van der Waals surface area contributed by atoms with E-state index in [1.54, 1.807) is 29.7 Å². The summed E-state index contributed by atoms with van der Waals surface area (Å²) in [5.41, 5.74) is 1.02. The average molecular weight is 323 g/mol. The van der Waals surface area contributed by atoms with Crippen molar-refractivity contribution < 1.29 is 0 Å². The Balaban J connectivity index is 1.87. The van der Waals surface area contributed by atoms with Gasteiger partial charge in [-0.05, 0) is 18.4 Å². The van der Waals surface area contributed by atoms with Crippen LogP contribution in [0.4, 0.5) is 5.13 Å². The highest BCUT2D eigenvalue weighted by Crippen LogP contribution is 2.19. The van der Waals surface area contributed by atoms with E-state index in [1.165, 1.54) is 4.88 Å². The first-order valence-electron chi connectivity index (χ1n) is 6.72. The van der Waals surface area contributed by atoms with Gasteiger partial charge in [-0.25, -0.2) is 4.98 Å². The van der Waals surface area contributed by atoms with Gasteiger partial charge in [0, 0.05) is 31.4 Å². The van der Waals surface area contributed by atoms with Gasteiger partial charge in [-0.15, -0.1) is 22.7 Å². The third-order valence-electron chi connectivity index (χ3n) is 2.91. The lowest BCUT2D eigenvalue weighted by Gasteiger charge is -2.16. The molecule has 0 spiro atoms. The Labute approximate surface area is 133 Å². The van der Waals surface area contributed by atoms with Crippen LogP contribution in [-0.4, -0.2) is 32.1 Å². The number of thiophene rings is 1. The summed E-state index contributed by atoms with van der Waals surface area (Å²) < 4.78 is 0. The molecular formula is C14H21N5S2. The van der Waals surface area contributed by atoms with E-state index >= 15 is 0 Å². The molecule has 1 atom stereocenters. The monoisotopic (exact) mass is 323 g/mol.